The minimum absolute atomic E-state index is 0.558. The van der Waals surface area contributed by atoms with Gasteiger partial charge in [-0.05, 0) is 36.9 Å². The van der Waals surface area contributed by atoms with Gasteiger partial charge < -0.3 is 25.0 Å². The molecule has 0 unspecified atom stereocenters. The topological polar surface area (TPSA) is 105 Å². The Kier molecular flexibility index (Phi) is 10.2. The van der Waals surface area contributed by atoms with Crippen LogP contribution in [-0.4, -0.2) is 43.4 Å². The lowest BCUT2D eigenvalue weighted by Gasteiger charge is -2.11. The van der Waals surface area contributed by atoms with Crippen molar-refractivity contribution in [3.63, 3.8) is 0 Å². The van der Waals surface area contributed by atoms with Crippen molar-refractivity contribution in [2.45, 2.75) is 16.3 Å². The van der Waals surface area contributed by atoms with Gasteiger partial charge in [-0.1, -0.05) is 30.0 Å². The maximum Gasteiger partial charge on any atom is 0.328 e. The summed E-state index contributed by atoms with van der Waals surface area (Å²) in [7, 11) is 5.26. The lowest BCUT2D eigenvalue weighted by molar-refractivity contribution is -0.134. The van der Waals surface area contributed by atoms with Gasteiger partial charge >= 0.3 is 11.9 Å². The third-order valence-corrected chi connectivity index (χ3v) is 4.40. The molecule has 0 saturated carbocycles. The fourth-order valence-electron chi connectivity index (χ4n) is 2.09. The van der Waals surface area contributed by atoms with E-state index in [0.29, 0.717) is 12.2 Å². The molecule has 150 valence electrons. The van der Waals surface area contributed by atoms with Crippen LogP contribution in [0.1, 0.15) is 5.56 Å². The monoisotopic (exact) mass is 405 g/mol. The van der Waals surface area contributed by atoms with Crippen LogP contribution in [0.25, 0.3) is 0 Å². The fraction of sp³-hybridized carbons (Fsp3) is 0.200. The van der Waals surface area contributed by atoms with Gasteiger partial charge in [0.25, 0.3) is 0 Å². The molecule has 3 N–H and O–H groups in total. The molecule has 0 aromatic heterocycles. The third kappa shape index (κ3) is 8.15. The number of rotatable bonds is 8. The number of benzene rings is 2. The van der Waals surface area contributed by atoms with E-state index in [-0.39, 0.29) is 0 Å². The number of hydrogen-bond donors (Lipinski definition) is 3. The largest absolute Gasteiger partial charge is 0.493 e. The summed E-state index contributed by atoms with van der Waals surface area (Å²) in [5, 5.41) is 18.8. The lowest BCUT2D eigenvalue weighted by Crippen LogP contribution is -2.05. The van der Waals surface area contributed by atoms with E-state index in [4.69, 9.17) is 19.7 Å². The van der Waals surface area contributed by atoms with Crippen LogP contribution in [0.3, 0.4) is 0 Å². The van der Waals surface area contributed by atoms with Gasteiger partial charge in [-0.2, -0.15) is 0 Å². The van der Waals surface area contributed by atoms with Crippen molar-refractivity contribution in [1.29, 1.82) is 0 Å². The molecule has 0 saturated heterocycles. The first kappa shape index (κ1) is 23.1. The number of carbonyl (C=O) groups is 2. The summed E-state index contributed by atoms with van der Waals surface area (Å²) in [6.45, 7) is 0.858. The van der Waals surface area contributed by atoms with E-state index in [9.17, 15) is 9.59 Å². The Morgan fingerprint density at radius 2 is 1.61 bits per heavy atom. The van der Waals surface area contributed by atoms with Crippen LogP contribution in [0.2, 0.25) is 0 Å². The van der Waals surface area contributed by atoms with Gasteiger partial charge in [-0.25, -0.2) is 9.59 Å². The maximum absolute atomic E-state index is 9.55. The Morgan fingerprint density at radius 1 is 1.00 bits per heavy atom. The molecule has 8 heteroatoms. The number of methoxy groups -OCH3 is 2. The quantitative estimate of drug-likeness (QED) is 0.575. The molecule has 2 aromatic carbocycles. The third-order valence-electron chi connectivity index (χ3n) is 3.29. The van der Waals surface area contributed by atoms with Crippen molar-refractivity contribution in [2.75, 3.05) is 21.3 Å². The van der Waals surface area contributed by atoms with Crippen LogP contribution in [-0.2, 0) is 16.1 Å². The van der Waals surface area contributed by atoms with E-state index < -0.39 is 11.9 Å². The van der Waals surface area contributed by atoms with Crippen molar-refractivity contribution < 1.29 is 29.3 Å². The molecule has 0 aliphatic carbocycles. The second-order valence-corrected chi connectivity index (χ2v) is 6.38. The van der Waals surface area contributed by atoms with Crippen LogP contribution < -0.4 is 14.8 Å². The van der Waals surface area contributed by atoms with Crippen molar-refractivity contribution in [2.24, 2.45) is 0 Å². The molecule has 0 atom stereocenters. The number of ether oxygens (including phenoxy) is 2. The second kappa shape index (κ2) is 12.4. The van der Waals surface area contributed by atoms with Crippen molar-refractivity contribution in [3.8, 4) is 11.5 Å². The fourth-order valence-corrected chi connectivity index (χ4v) is 3.06. The van der Waals surface area contributed by atoms with E-state index in [1.807, 2.05) is 25.2 Å². The zero-order valence-electron chi connectivity index (χ0n) is 15.8. The van der Waals surface area contributed by atoms with Gasteiger partial charge in [0.2, 0.25) is 0 Å². The number of hydrogen-bond acceptors (Lipinski definition) is 6. The number of aliphatic carboxylic acids is 2. The van der Waals surface area contributed by atoms with Crippen molar-refractivity contribution >= 4 is 23.7 Å². The summed E-state index contributed by atoms with van der Waals surface area (Å²) in [6, 6.07) is 14.4. The highest BCUT2D eigenvalue weighted by Crippen LogP contribution is 2.36. The van der Waals surface area contributed by atoms with E-state index in [1.54, 1.807) is 26.0 Å². The standard InChI is InChI=1S/C16H19NO2S.C4H4O4/c1-17-11-12-6-4-5-7-16(12)20-13-8-9-14(18-2)15(10-13)19-3;5-3(6)1-2-4(7)8/h4-10,17H,11H2,1-3H3;1-2H,(H,5,6)(H,7,8)/b;2-1-. The molecular weight excluding hydrogens is 382 g/mol. The number of carboxylic acid groups (broad SMARTS) is 2. The minimum Gasteiger partial charge on any atom is -0.493 e. The van der Waals surface area contributed by atoms with Crippen LogP contribution in [0.5, 0.6) is 11.5 Å². The maximum atomic E-state index is 9.55. The van der Waals surface area contributed by atoms with Crippen LogP contribution >= 0.6 is 11.8 Å². The Bertz CT molecular complexity index is 806. The van der Waals surface area contributed by atoms with Gasteiger partial charge in [0.05, 0.1) is 14.2 Å². The highest BCUT2D eigenvalue weighted by atomic mass is 32.2. The molecule has 0 aliphatic heterocycles. The normalized spacial score (nSPS) is 10.1. The Balaban J connectivity index is 0.000000416. The molecule has 2 rings (SSSR count). The van der Waals surface area contributed by atoms with Gasteiger partial charge in [-0.3, -0.25) is 0 Å². The molecule has 0 radical (unpaired) electrons. The lowest BCUT2D eigenvalue weighted by atomic mass is 10.2. The average Bonchev–Trinajstić information content (AvgIpc) is 2.68. The summed E-state index contributed by atoms with van der Waals surface area (Å²) in [6.07, 6.45) is 1.12. The summed E-state index contributed by atoms with van der Waals surface area (Å²) in [5.74, 6) is -1.01. The first-order chi connectivity index (χ1) is 13.4. The smallest absolute Gasteiger partial charge is 0.328 e. The molecule has 0 heterocycles. The molecule has 0 spiro atoms. The summed E-state index contributed by atoms with van der Waals surface area (Å²) in [4.78, 5) is 21.5. The Labute approximate surface area is 168 Å². The SMILES string of the molecule is CNCc1ccccc1Sc1ccc(OC)c(OC)c1.O=C(O)/C=C\C(=O)O. The van der Waals surface area contributed by atoms with Gasteiger partial charge in [-0.15, -0.1) is 0 Å². The predicted molar refractivity (Wildman–Crippen MR) is 107 cm³/mol. The van der Waals surface area contributed by atoms with Gasteiger partial charge in [0.1, 0.15) is 0 Å². The molecule has 0 fully saturated rings. The zero-order chi connectivity index (χ0) is 20.9. The summed E-state index contributed by atoms with van der Waals surface area (Å²) < 4.78 is 10.6. The second-order valence-electron chi connectivity index (χ2n) is 5.27. The van der Waals surface area contributed by atoms with E-state index in [0.717, 1.165) is 22.9 Å². The first-order valence-corrected chi connectivity index (χ1v) is 8.99. The molecule has 2 aromatic rings. The van der Waals surface area contributed by atoms with Crippen LogP contribution in [0.4, 0.5) is 0 Å². The molecule has 7 nitrogen and oxygen atoms in total. The first-order valence-electron chi connectivity index (χ1n) is 8.17. The molecule has 0 aliphatic rings. The van der Waals surface area contributed by atoms with E-state index >= 15 is 0 Å². The number of nitrogens with one attached hydrogen (secondary N) is 1. The van der Waals surface area contributed by atoms with Crippen molar-refractivity contribution in [3.05, 3.63) is 60.2 Å². The highest BCUT2D eigenvalue weighted by molar-refractivity contribution is 7.99. The van der Waals surface area contributed by atoms with Crippen molar-refractivity contribution in [1.82, 2.24) is 5.32 Å². The number of carboxylic acids is 2. The van der Waals surface area contributed by atoms with Crippen LogP contribution in [0.15, 0.2) is 64.4 Å². The zero-order valence-corrected chi connectivity index (χ0v) is 16.7. The molecule has 28 heavy (non-hydrogen) atoms. The van der Waals surface area contributed by atoms with Gasteiger partial charge in [0.15, 0.2) is 11.5 Å². The van der Waals surface area contributed by atoms with Gasteiger partial charge in [0, 0.05) is 28.5 Å². The molecular formula is C20H23NO6S. The Morgan fingerprint density at radius 3 is 2.14 bits per heavy atom. The predicted octanol–water partition coefficient (Wildman–Crippen LogP) is 3.29. The van der Waals surface area contributed by atoms with Crippen LogP contribution in [0, 0.1) is 0 Å². The Hall–Kier alpha value is -2.97. The average molecular weight is 405 g/mol. The summed E-state index contributed by atoms with van der Waals surface area (Å²) >= 11 is 1.73. The van der Waals surface area contributed by atoms with E-state index in [2.05, 4.69) is 29.6 Å². The minimum atomic E-state index is -1.26. The highest BCUT2D eigenvalue weighted by Gasteiger charge is 2.07. The van der Waals surface area contributed by atoms with E-state index in [1.165, 1.54) is 10.5 Å². The summed E-state index contributed by atoms with van der Waals surface area (Å²) in [5.41, 5.74) is 1.29. The molecule has 0 amide bonds. The molecule has 0 bridgehead atoms.